The Bertz CT molecular complexity index is 422. The van der Waals surface area contributed by atoms with Gasteiger partial charge in [-0.1, -0.05) is 30.4 Å². The highest BCUT2D eigenvalue weighted by Crippen LogP contribution is 2.26. The summed E-state index contributed by atoms with van der Waals surface area (Å²) < 4.78 is 10.8. The van der Waals surface area contributed by atoms with Gasteiger partial charge in [0.2, 0.25) is 0 Å². The predicted molar refractivity (Wildman–Crippen MR) is 80.0 cm³/mol. The SMILES string of the molecule is COCCNCc1nnc(OCC2CC=CCC2C)s1. The maximum atomic E-state index is 5.78. The Morgan fingerprint density at radius 3 is 3.00 bits per heavy atom. The number of ether oxygens (including phenoxy) is 2. The summed E-state index contributed by atoms with van der Waals surface area (Å²) >= 11 is 1.51. The van der Waals surface area contributed by atoms with Crippen molar-refractivity contribution in [2.45, 2.75) is 26.3 Å². The van der Waals surface area contributed by atoms with Gasteiger partial charge in [0.05, 0.1) is 13.2 Å². The van der Waals surface area contributed by atoms with Crippen LogP contribution in [0, 0.1) is 11.8 Å². The zero-order valence-electron chi connectivity index (χ0n) is 12.2. The molecular weight excluding hydrogens is 274 g/mol. The summed E-state index contributed by atoms with van der Waals surface area (Å²) in [5.41, 5.74) is 0. The third-order valence-corrected chi connectivity index (χ3v) is 4.38. The molecule has 1 aromatic rings. The van der Waals surface area contributed by atoms with E-state index in [4.69, 9.17) is 9.47 Å². The van der Waals surface area contributed by atoms with Crippen LogP contribution in [0.25, 0.3) is 0 Å². The lowest BCUT2D eigenvalue weighted by molar-refractivity contribution is 0.196. The number of aromatic nitrogens is 2. The summed E-state index contributed by atoms with van der Waals surface area (Å²) in [7, 11) is 1.69. The molecule has 2 unspecified atom stereocenters. The van der Waals surface area contributed by atoms with Crippen molar-refractivity contribution in [3.63, 3.8) is 0 Å². The number of methoxy groups -OCH3 is 1. The van der Waals surface area contributed by atoms with Gasteiger partial charge in [0.15, 0.2) is 0 Å². The molecule has 0 radical (unpaired) electrons. The lowest BCUT2D eigenvalue weighted by atomic mass is 9.85. The molecule has 2 atom stereocenters. The summed E-state index contributed by atoms with van der Waals surface area (Å²) in [4.78, 5) is 0. The fourth-order valence-corrected chi connectivity index (χ4v) is 2.82. The fourth-order valence-electron chi connectivity index (χ4n) is 2.15. The van der Waals surface area contributed by atoms with Gasteiger partial charge in [0, 0.05) is 20.2 Å². The minimum atomic E-state index is 0.590. The van der Waals surface area contributed by atoms with E-state index in [0.29, 0.717) is 30.2 Å². The quantitative estimate of drug-likeness (QED) is 0.589. The molecule has 6 heteroatoms. The van der Waals surface area contributed by atoms with E-state index in [2.05, 4.69) is 34.6 Å². The number of allylic oxidation sites excluding steroid dienone is 2. The van der Waals surface area contributed by atoms with E-state index >= 15 is 0 Å². The Morgan fingerprint density at radius 1 is 1.35 bits per heavy atom. The molecule has 0 saturated heterocycles. The third kappa shape index (κ3) is 4.85. The molecule has 5 nitrogen and oxygen atoms in total. The smallest absolute Gasteiger partial charge is 0.294 e. The van der Waals surface area contributed by atoms with Crippen molar-refractivity contribution in [3.8, 4) is 5.19 Å². The average Bonchev–Trinajstić information content (AvgIpc) is 2.91. The molecule has 0 aromatic carbocycles. The molecule has 0 spiro atoms. The van der Waals surface area contributed by atoms with Gasteiger partial charge in [-0.25, -0.2) is 0 Å². The van der Waals surface area contributed by atoms with E-state index < -0.39 is 0 Å². The maximum Gasteiger partial charge on any atom is 0.294 e. The van der Waals surface area contributed by atoms with Crippen molar-refractivity contribution in [1.29, 1.82) is 0 Å². The fraction of sp³-hybridized carbons (Fsp3) is 0.714. The molecule has 112 valence electrons. The number of hydrogen-bond acceptors (Lipinski definition) is 6. The standard InChI is InChI=1S/C14H23N3O2S/c1-11-5-3-4-6-12(11)10-19-14-17-16-13(20-14)9-15-7-8-18-2/h3-4,11-12,15H,5-10H2,1-2H3. The summed E-state index contributed by atoms with van der Waals surface area (Å²) in [5, 5.41) is 13.1. The lowest BCUT2D eigenvalue weighted by Crippen LogP contribution is -2.21. The van der Waals surface area contributed by atoms with Crippen LogP contribution in [0.1, 0.15) is 24.8 Å². The van der Waals surface area contributed by atoms with Crippen LogP contribution in [0.2, 0.25) is 0 Å². The van der Waals surface area contributed by atoms with E-state index in [9.17, 15) is 0 Å². The molecule has 1 aromatic heterocycles. The van der Waals surface area contributed by atoms with E-state index in [0.717, 1.165) is 31.0 Å². The van der Waals surface area contributed by atoms with Gasteiger partial charge < -0.3 is 14.8 Å². The van der Waals surface area contributed by atoms with Gasteiger partial charge in [-0.15, -0.1) is 10.2 Å². The maximum absolute atomic E-state index is 5.78. The molecule has 0 saturated carbocycles. The van der Waals surface area contributed by atoms with Crippen molar-refractivity contribution in [3.05, 3.63) is 17.2 Å². The lowest BCUT2D eigenvalue weighted by Gasteiger charge is -2.24. The van der Waals surface area contributed by atoms with Gasteiger partial charge in [0.25, 0.3) is 5.19 Å². The Balaban J connectivity index is 1.71. The van der Waals surface area contributed by atoms with E-state index in [1.807, 2.05) is 0 Å². The molecule has 1 heterocycles. The van der Waals surface area contributed by atoms with Crippen molar-refractivity contribution in [2.75, 3.05) is 26.9 Å². The summed E-state index contributed by atoms with van der Waals surface area (Å²) in [5.74, 6) is 1.27. The van der Waals surface area contributed by atoms with Crippen LogP contribution >= 0.6 is 11.3 Å². The first-order valence-corrected chi connectivity index (χ1v) is 7.91. The number of rotatable bonds is 8. The monoisotopic (exact) mass is 297 g/mol. The molecule has 0 fully saturated rings. The minimum absolute atomic E-state index is 0.590. The van der Waals surface area contributed by atoms with Crippen molar-refractivity contribution >= 4 is 11.3 Å². The highest BCUT2D eigenvalue weighted by Gasteiger charge is 2.19. The van der Waals surface area contributed by atoms with Crippen molar-refractivity contribution in [2.24, 2.45) is 11.8 Å². The van der Waals surface area contributed by atoms with Crippen molar-refractivity contribution < 1.29 is 9.47 Å². The topological polar surface area (TPSA) is 56.3 Å². The molecular formula is C14H23N3O2S. The van der Waals surface area contributed by atoms with E-state index in [-0.39, 0.29) is 0 Å². The summed E-state index contributed by atoms with van der Waals surface area (Å²) in [6.07, 6.45) is 6.76. The predicted octanol–water partition coefficient (Wildman–Crippen LogP) is 2.26. The van der Waals surface area contributed by atoms with E-state index in [1.54, 1.807) is 7.11 Å². The Morgan fingerprint density at radius 2 is 2.20 bits per heavy atom. The van der Waals surface area contributed by atoms with Crippen LogP contribution in [-0.4, -0.2) is 37.1 Å². The molecule has 0 aliphatic heterocycles. The Labute approximate surface area is 124 Å². The molecule has 1 aliphatic carbocycles. The minimum Gasteiger partial charge on any atom is -0.469 e. The molecule has 20 heavy (non-hydrogen) atoms. The molecule has 1 N–H and O–H groups in total. The largest absolute Gasteiger partial charge is 0.469 e. The molecule has 1 aliphatic rings. The van der Waals surface area contributed by atoms with E-state index in [1.165, 1.54) is 11.3 Å². The normalized spacial score (nSPS) is 22.1. The second-order valence-electron chi connectivity index (χ2n) is 5.12. The second-order valence-corrected chi connectivity index (χ2v) is 6.15. The van der Waals surface area contributed by atoms with Crippen LogP contribution < -0.4 is 10.1 Å². The summed E-state index contributed by atoms with van der Waals surface area (Å²) in [6, 6.07) is 0. The van der Waals surface area contributed by atoms with Gasteiger partial charge in [-0.05, 0) is 24.7 Å². The zero-order valence-corrected chi connectivity index (χ0v) is 13.0. The highest BCUT2D eigenvalue weighted by atomic mass is 32.1. The number of nitrogens with one attached hydrogen (secondary N) is 1. The average molecular weight is 297 g/mol. The van der Waals surface area contributed by atoms with Crippen LogP contribution in [0.5, 0.6) is 5.19 Å². The Hall–Kier alpha value is -0.980. The molecule has 0 amide bonds. The van der Waals surface area contributed by atoms with Gasteiger partial charge >= 0.3 is 0 Å². The number of nitrogens with zero attached hydrogens (tertiary/aromatic N) is 2. The highest BCUT2D eigenvalue weighted by molar-refractivity contribution is 7.13. The van der Waals surface area contributed by atoms with Gasteiger partial charge in [-0.2, -0.15) is 0 Å². The summed E-state index contributed by atoms with van der Waals surface area (Å²) in [6.45, 7) is 5.25. The molecule has 2 rings (SSSR count). The van der Waals surface area contributed by atoms with Crippen LogP contribution in [0.15, 0.2) is 12.2 Å². The first-order chi connectivity index (χ1) is 9.79. The molecule has 0 bridgehead atoms. The zero-order chi connectivity index (χ0) is 14.2. The first kappa shape index (κ1) is 15.4. The third-order valence-electron chi connectivity index (χ3n) is 3.55. The second kappa shape index (κ2) is 8.34. The first-order valence-electron chi connectivity index (χ1n) is 7.09. The van der Waals surface area contributed by atoms with Crippen LogP contribution in [0.3, 0.4) is 0 Å². The van der Waals surface area contributed by atoms with Gasteiger partial charge in [0.1, 0.15) is 5.01 Å². The van der Waals surface area contributed by atoms with Crippen molar-refractivity contribution in [1.82, 2.24) is 15.5 Å². The number of hydrogen-bond donors (Lipinski definition) is 1. The van der Waals surface area contributed by atoms with Gasteiger partial charge in [-0.3, -0.25) is 0 Å². The van der Waals surface area contributed by atoms with Crippen LogP contribution in [-0.2, 0) is 11.3 Å². The van der Waals surface area contributed by atoms with Crippen LogP contribution in [0.4, 0.5) is 0 Å². The Kier molecular flexibility index (Phi) is 6.42.